The van der Waals surface area contributed by atoms with Crippen molar-refractivity contribution in [2.24, 2.45) is 0 Å². The van der Waals surface area contributed by atoms with Crippen LogP contribution in [0.2, 0.25) is 5.02 Å². The monoisotopic (exact) mass is 243 g/mol. The van der Waals surface area contributed by atoms with Crippen molar-refractivity contribution in [1.29, 1.82) is 0 Å². The lowest BCUT2D eigenvalue weighted by Gasteiger charge is -2.02. The molecule has 0 atom stereocenters. The van der Waals surface area contributed by atoms with Gasteiger partial charge in [-0.1, -0.05) is 28.8 Å². The van der Waals surface area contributed by atoms with Gasteiger partial charge in [0, 0.05) is 0 Å². The molecule has 6 heteroatoms. The molecule has 0 bridgehead atoms. The maximum Gasteiger partial charge on any atom is 0.320 e. The average molecular weight is 244 g/mol. The number of halogens is 2. The molecule has 0 unspecified atom stereocenters. The largest absolute Gasteiger partial charge is 0.407 e. The zero-order valence-electron chi connectivity index (χ0n) is 7.58. The fraction of sp³-hybridized carbons (Fsp3) is 0.111. The zero-order chi connectivity index (χ0) is 10.7. The molecule has 78 valence electrons. The van der Waals surface area contributed by atoms with Gasteiger partial charge in [0.2, 0.25) is 5.89 Å². The van der Waals surface area contributed by atoms with Crippen molar-refractivity contribution in [2.45, 2.75) is 5.88 Å². The Hall–Kier alpha value is -1.26. The van der Waals surface area contributed by atoms with Gasteiger partial charge >= 0.3 is 6.01 Å². The third kappa shape index (κ3) is 2.40. The first-order valence-corrected chi connectivity index (χ1v) is 5.11. The summed E-state index contributed by atoms with van der Waals surface area (Å²) in [6, 6.07) is 7.55. The molecule has 0 saturated heterocycles. The lowest BCUT2D eigenvalue weighted by molar-refractivity contribution is 0.530. The molecule has 0 amide bonds. The van der Waals surface area contributed by atoms with Gasteiger partial charge in [-0.15, -0.1) is 16.7 Å². The maximum atomic E-state index is 5.94. The first-order chi connectivity index (χ1) is 7.29. The molecule has 1 N–H and O–H groups in total. The van der Waals surface area contributed by atoms with Crippen LogP contribution in [0.4, 0.5) is 11.7 Å². The van der Waals surface area contributed by atoms with Gasteiger partial charge in [0.15, 0.2) is 0 Å². The molecule has 2 aromatic rings. The van der Waals surface area contributed by atoms with Gasteiger partial charge in [0.1, 0.15) is 5.88 Å². The Morgan fingerprint density at radius 2 is 2.07 bits per heavy atom. The average Bonchev–Trinajstić information content (AvgIpc) is 2.69. The molecule has 1 aromatic carbocycles. The molecule has 2 rings (SSSR count). The van der Waals surface area contributed by atoms with E-state index in [1.807, 2.05) is 18.2 Å². The number of benzene rings is 1. The van der Waals surface area contributed by atoms with Gasteiger partial charge in [-0.05, 0) is 12.1 Å². The normalized spacial score (nSPS) is 10.3. The Labute approximate surface area is 96.2 Å². The number of hydrogen-bond acceptors (Lipinski definition) is 4. The number of rotatable bonds is 3. The van der Waals surface area contributed by atoms with E-state index in [2.05, 4.69) is 15.5 Å². The van der Waals surface area contributed by atoms with Crippen LogP contribution in [0.1, 0.15) is 5.89 Å². The van der Waals surface area contributed by atoms with Gasteiger partial charge < -0.3 is 9.73 Å². The second-order valence-corrected chi connectivity index (χ2v) is 3.41. The molecular weight excluding hydrogens is 237 g/mol. The van der Waals surface area contributed by atoms with Crippen LogP contribution in [0.25, 0.3) is 0 Å². The smallest absolute Gasteiger partial charge is 0.320 e. The number of nitrogens with zero attached hydrogens (tertiary/aromatic N) is 2. The number of aromatic nitrogens is 2. The summed E-state index contributed by atoms with van der Waals surface area (Å²) < 4.78 is 5.17. The van der Waals surface area contributed by atoms with Crippen LogP contribution in [0, 0.1) is 0 Å². The second-order valence-electron chi connectivity index (χ2n) is 2.74. The molecule has 4 nitrogen and oxygen atoms in total. The zero-order valence-corrected chi connectivity index (χ0v) is 9.09. The molecule has 15 heavy (non-hydrogen) atoms. The molecule has 1 heterocycles. The Bertz CT molecular complexity index is 458. The summed E-state index contributed by atoms with van der Waals surface area (Å²) in [5.41, 5.74) is 0.712. The molecule has 0 aliphatic rings. The van der Waals surface area contributed by atoms with E-state index in [9.17, 15) is 0 Å². The standard InChI is InChI=1S/C9H7Cl2N3O/c10-5-8-13-14-9(15-8)12-7-4-2-1-3-6(7)11/h1-4H,5H2,(H,12,14). The van der Waals surface area contributed by atoms with Crippen molar-refractivity contribution in [3.8, 4) is 0 Å². The summed E-state index contributed by atoms with van der Waals surface area (Å²) in [5, 5.41) is 10.9. The van der Waals surface area contributed by atoms with Crippen LogP contribution >= 0.6 is 23.2 Å². The van der Waals surface area contributed by atoms with Crippen LogP contribution in [-0.4, -0.2) is 10.2 Å². The summed E-state index contributed by atoms with van der Waals surface area (Å²) in [6.07, 6.45) is 0. The van der Waals surface area contributed by atoms with Crippen molar-refractivity contribution < 1.29 is 4.42 Å². The second kappa shape index (κ2) is 4.51. The Morgan fingerprint density at radius 3 is 2.73 bits per heavy atom. The summed E-state index contributed by atoms with van der Waals surface area (Å²) in [7, 11) is 0. The van der Waals surface area contributed by atoms with Crippen LogP contribution in [0.15, 0.2) is 28.7 Å². The SMILES string of the molecule is ClCc1nnc(Nc2ccccc2Cl)o1. The van der Waals surface area contributed by atoms with Crippen LogP contribution in [0.3, 0.4) is 0 Å². The van der Waals surface area contributed by atoms with Crippen molar-refractivity contribution in [3.63, 3.8) is 0 Å². The van der Waals surface area contributed by atoms with E-state index in [1.54, 1.807) is 6.07 Å². The highest BCUT2D eigenvalue weighted by atomic mass is 35.5. The minimum atomic E-state index is 0.192. The van der Waals surface area contributed by atoms with Crippen LogP contribution in [-0.2, 0) is 5.88 Å². The summed E-state index contributed by atoms with van der Waals surface area (Å²) in [6.45, 7) is 0. The third-order valence-electron chi connectivity index (χ3n) is 1.70. The van der Waals surface area contributed by atoms with Crippen molar-refractivity contribution in [1.82, 2.24) is 10.2 Å². The van der Waals surface area contributed by atoms with E-state index in [-0.39, 0.29) is 11.9 Å². The van der Waals surface area contributed by atoms with Gasteiger partial charge in [0.25, 0.3) is 0 Å². The highest BCUT2D eigenvalue weighted by molar-refractivity contribution is 6.33. The van der Waals surface area contributed by atoms with Crippen molar-refractivity contribution in [2.75, 3.05) is 5.32 Å². The summed E-state index contributed by atoms with van der Waals surface area (Å²) in [5.74, 6) is 0.559. The first kappa shape index (κ1) is 10.3. The minimum Gasteiger partial charge on any atom is -0.407 e. The Morgan fingerprint density at radius 1 is 1.27 bits per heavy atom. The van der Waals surface area contributed by atoms with E-state index in [4.69, 9.17) is 27.6 Å². The van der Waals surface area contributed by atoms with Crippen LogP contribution in [0.5, 0.6) is 0 Å². The fourth-order valence-corrected chi connectivity index (χ4v) is 1.33. The molecule has 0 spiro atoms. The topological polar surface area (TPSA) is 51.0 Å². The molecule has 0 aliphatic heterocycles. The first-order valence-electron chi connectivity index (χ1n) is 4.19. The molecule has 0 saturated carbocycles. The van der Waals surface area contributed by atoms with Gasteiger partial charge in [-0.2, -0.15) is 0 Å². The Kier molecular flexibility index (Phi) is 3.08. The highest BCUT2D eigenvalue weighted by Crippen LogP contribution is 2.24. The van der Waals surface area contributed by atoms with E-state index in [0.717, 1.165) is 0 Å². The molecule has 0 radical (unpaired) electrons. The maximum absolute atomic E-state index is 5.94. The predicted molar refractivity (Wildman–Crippen MR) is 58.6 cm³/mol. The lowest BCUT2D eigenvalue weighted by atomic mass is 10.3. The predicted octanol–water partition coefficient (Wildman–Crippen LogP) is 3.21. The number of anilines is 2. The van der Waals surface area contributed by atoms with Gasteiger partial charge in [0.05, 0.1) is 10.7 Å². The molecule has 0 aliphatic carbocycles. The van der Waals surface area contributed by atoms with Gasteiger partial charge in [-0.3, -0.25) is 0 Å². The Balaban J connectivity index is 2.18. The fourth-order valence-electron chi connectivity index (χ4n) is 1.04. The van der Waals surface area contributed by atoms with E-state index in [1.165, 1.54) is 0 Å². The van der Waals surface area contributed by atoms with Crippen molar-refractivity contribution in [3.05, 3.63) is 35.2 Å². The number of hydrogen-bond donors (Lipinski definition) is 1. The summed E-state index contributed by atoms with van der Waals surface area (Å²) >= 11 is 11.5. The van der Waals surface area contributed by atoms with E-state index in [0.29, 0.717) is 16.6 Å². The highest BCUT2D eigenvalue weighted by Gasteiger charge is 2.06. The van der Waals surface area contributed by atoms with Crippen molar-refractivity contribution >= 4 is 34.9 Å². The summed E-state index contributed by atoms with van der Waals surface area (Å²) in [4.78, 5) is 0. The van der Waals surface area contributed by atoms with Gasteiger partial charge in [-0.25, -0.2) is 0 Å². The minimum absolute atomic E-state index is 0.192. The van der Waals surface area contributed by atoms with E-state index >= 15 is 0 Å². The third-order valence-corrected chi connectivity index (χ3v) is 2.25. The lowest BCUT2D eigenvalue weighted by Crippen LogP contribution is -1.90. The molecule has 0 fully saturated rings. The van der Waals surface area contributed by atoms with Crippen LogP contribution < -0.4 is 5.32 Å². The molecular formula is C9H7Cl2N3O. The quantitative estimate of drug-likeness (QED) is 0.842. The molecule has 1 aromatic heterocycles. The van der Waals surface area contributed by atoms with E-state index < -0.39 is 0 Å². The number of nitrogens with one attached hydrogen (secondary N) is 1. The number of para-hydroxylation sites is 1. The number of alkyl halides is 1.